The normalized spacial score (nSPS) is 20.6. The van der Waals surface area contributed by atoms with Gasteiger partial charge in [-0.25, -0.2) is 0 Å². The molecular formula is C12H19N3O2. The Bertz CT molecular complexity index is 322. The van der Waals surface area contributed by atoms with Crippen LogP contribution < -0.4 is 5.32 Å². The summed E-state index contributed by atoms with van der Waals surface area (Å²) < 4.78 is 0. The fraction of sp³-hybridized carbons (Fsp3) is 0.750. The Morgan fingerprint density at radius 3 is 2.94 bits per heavy atom. The molecular weight excluding hydrogens is 218 g/mol. The zero-order valence-electron chi connectivity index (χ0n) is 10.2. The van der Waals surface area contributed by atoms with Crippen molar-refractivity contribution in [2.24, 2.45) is 5.92 Å². The molecule has 0 aliphatic carbocycles. The molecule has 1 heterocycles. The predicted molar refractivity (Wildman–Crippen MR) is 63.1 cm³/mol. The summed E-state index contributed by atoms with van der Waals surface area (Å²) >= 11 is 0. The van der Waals surface area contributed by atoms with Crippen LogP contribution in [0.25, 0.3) is 0 Å². The van der Waals surface area contributed by atoms with E-state index in [-0.39, 0.29) is 17.6 Å². The molecule has 0 spiro atoms. The molecule has 1 aliphatic rings. The average molecular weight is 237 g/mol. The van der Waals surface area contributed by atoms with E-state index in [1.807, 2.05) is 11.0 Å². The second-order valence-corrected chi connectivity index (χ2v) is 4.44. The molecule has 5 heteroatoms. The minimum Gasteiger partial charge on any atom is -0.354 e. The fourth-order valence-corrected chi connectivity index (χ4v) is 2.05. The highest BCUT2D eigenvalue weighted by Gasteiger charge is 2.24. The van der Waals surface area contributed by atoms with Crippen molar-refractivity contribution in [3.8, 4) is 6.07 Å². The summed E-state index contributed by atoms with van der Waals surface area (Å²) in [5.74, 6) is 0.222. The van der Waals surface area contributed by atoms with Crippen LogP contribution in [0.5, 0.6) is 0 Å². The summed E-state index contributed by atoms with van der Waals surface area (Å²) in [5.41, 5.74) is 0. The highest BCUT2D eigenvalue weighted by atomic mass is 16.2. The number of Topliss-reactive ketones (excluding diaryl/α,β-unsaturated/α-hetero) is 1. The first-order valence-corrected chi connectivity index (χ1v) is 6.00. The number of carbonyl (C=O) groups excluding carboxylic acids is 2. The quantitative estimate of drug-likeness (QED) is 0.699. The van der Waals surface area contributed by atoms with Crippen molar-refractivity contribution in [3.63, 3.8) is 0 Å². The second-order valence-electron chi connectivity index (χ2n) is 4.44. The molecule has 0 aromatic rings. The Labute approximate surface area is 102 Å². The molecule has 0 radical (unpaired) electrons. The molecule has 1 unspecified atom stereocenters. The Morgan fingerprint density at radius 2 is 2.29 bits per heavy atom. The van der Waals surface area contributed by atoms with Gasteiger partial charge in [-0.05, 0) is 26.3 Å². The van der Waals surface area contributed by atoms with Gasteiger partial charge in [0.1, 0.15) is 5.78 Å². The van der Waals surface area contributed by atoms with Crippen LogP contribution in [-0.4, -0.2) is 42.8 Å². The van der Waals surface area contributed by atoms with E-state index >= 15 is 0 Å². The SMILES string of the molecule is CC(=O)C1CCCN(CC(=O)NCCC#N)C1. The number of amides is 1. The van der Waals surface area contributed by atoms with Gasteiger partial charge in [0.25, 0.3) is 0 Å². The van der Waals surface area contributed by atoms with Crippen LogP contribution >= 0.6 is 0 Å². The monoisotopic (exact) mass is 237 g/mol. The summed E-state index contributed by atoms with van der Waals surface area (Å²) in [7, 11) is 0. The van der Waals surface area contributed by atoms with Gasteiger partial charge < -0.3 is 5.32 Å². The number of hydrogen-bond donors (Lipinski definition) is 1. The molecule has 1 atom stereocenters. The summed E-state index contributed by atoms with van der Waals surface area (Å²) in [5, 5.41) is 11.0. The van der Waals surface area contributed by atoms with E-state index < -0.39 is 0 Å². The number of nitrogens with zero attached hydrogens (tertiary/aromatic N) is 2. The average Bonchev–Trinajstić information content (AvgIpc) is 2.29. The Hall–Kier alpha value is -1.41. The third kappa shape index (κ3) is 4.96. The summed E-state index contributed by atoms with van der Waals surface area (Å²) in [6.07, 6.45) is 2.24. The third-order valence-corrected chi connectivity index (χ3v) is 3.01. The van der Waals surface area contributed by atoms with Gasteiger partial charge in [-0.15, -0.1) is 0 Å². The number of carbonyl (C=O) groups is 2. The van der Waals surface area contributed by atoms with Crippen LogP contribution in [-0.2, 0) is 9.59 Å². The molecule has 1 N–H and O–H groups in total. The zero-order chi connectivity index (χ0) is 12.7. The summed E-state index contributed by atoms with van der Waals surface area (Å²) in [4.78, 5) is 24.8. The number of hydrogen-bond acceptors (Lipinski definition) is 4. The van der Waals surface area contributed by atoms with Crippen molar-refractivity contribution < 1.29 is 9.59 Å². The predicted octanol–water partition coefficient (Wildman–Crippen LogP) is 0.317. The largest absolute Gasteiger partial charge is 0.354 e. The van der Waals surface area contributed by atoms with Crippen LogP contribution in [0.15, 0.2) is 0 Å². The molecule has 1 saturated heterocycles. The molecule has 94 valence electrons. The van der Waals surface area contributed by atoms with Crippen molar-refractivity contribution in [3.05, 3.63) is 0 Å². The van der Waals surface area contributed by atoms with E-state index in [1.54, 1.807) is 6.92 Å². The van der Waals surface area contributed by atoms with E-state index in [1.165, 1.54) is 0 Å². The van der Waals surface area contributed by atoms with Gasteiger partial charge in [-0.3, -0.25) is 14.5 Å². The first-order valence-electron chi connectivity index (χ1n) is 6.00. The number of rotatable bonds is 5. The lowest BCUT2D eigenvalue weighted by Crippen LogP contribution is -2.44. The molecule has 17 heavy (non-hydrogen) atoms. The molecule has 0 saturated carbocycles. The van der Waals surface area contributed by atoms with Crippen LogP contribution in [0.4, 0.5) is 0 Å². The van der Waals surface area contributed by atoms with Gasteiger partial charge in [0.05, 0.1) is 19.0 Å². The summed E-state index contributed by atoms with van der Waals surface area (Å²) in [6.45, 7) is 3.89. The van der Waals surface area contributed by atoms with Gasteiger partial charge in [0.15, 0.2) is 0 Å². The van der Waals surface area contributed by atoms with Gasteiger partial charge in [-0.1, -0.05) is 0 Å². The lowest BCUT2D eigenvalue weighted by Gasteiger charge is -2.30. The molecule has 0 aromatic heterocycles. The van der Waals surface area contributed by atoms with Gasteiger partial charge in [0, 0.05) is 19.0 Å². The Morgan fingerprint density at radius 1 is 1.53 bits per heavy atom. The maximum Gasteiger partial charge on any atom is 0.234 e. The van der Waals surface area contributed by atoms with E-state index in [0.29, 0.717) is 26.1 Å². The van der Waals surface area contributed by atoms with E-state index in [9.17, 15) is 9.59 Å². The zero-order valence-corrected chi connectivity index (χ0v) is 10.2. The van der Waals surface area contributed by atoms with Crippen LogP contribution in [0.1, 0.15) is 26.2 Å². The first kappa shape index (κ1) is 13.7. The minimum atomic E-state index is -0.0653. The van der Waals surface area contributed by atoms with Gasteiger partial charge in [-0.2, -0.15) is 5.26 Å². The maximum absolute atomic E-state index is 11.5. The first-order chi connectivity index (χ1) is 8.13. The van der Waals surface area contributed by atoms with E-state index in [4.69, 9.17) is 5.26 Å². The third-order valence-electron chi connectivity index (χ3n) is 3.01. The Balaban J connectivity index is 2.28. The van der Waals surface area contributed by atoms with E-state index in [2.05, 4.69) is 5.32 Å². The second kappa shape index (κ2) is 7.02. The molecule has 0 bridgehead atoms. The molecule has 1 amide bonds. The van der Waals surface area contributed by atoms with Crippen LogP contribution in [0.3, 0.4) is 0 Å². The standard InChI is InChI=1S/C12H19N3O2/c1-10(16)11-4-2-7-15(8-11)9-12(17)14-6-3-5-13/h11H,2-4,6-9H2,1H3,(H,14,17). The lowest BCUT2D eigenvalue weighted by molar-refractivity contribution is -0.126. The number of likely N-dealkylation sites (tertiary alicyclic amines) is 1. The highest BCUT2D eigenvalue weighted by molar-refractivity contribution is 5.79. The van der Waals surface area contributed by atoms with Crippen LogP contribution in [0, 0.1) is 17.2 Å². The smallest absolute Gasteiger partial charge is 0.234 e. The summed E-state index contributed by atoms with van der Waals surface area (Å²) in [6, 6.07) is 1.98. The molecule has 1 fully saturated rings. The maximum atomic E-state index is 11.5. The number of ketones is 1. The highest BCUT2D eigenvalue weighted by Crippen LogP contribution is 2.16. The fourth-order valence-electron chi connectivity index (χ4n) is 2.05. The molecule has 0 aromatic carbocycles. The van der Waals surface area contributed by atoms with Crippen molar-refractivity contribution in [1.29, 1.82) is 5.26 Å². The van der Waals surface area contributed by atoms with Crippen molar-refractivity contribution in [2.75, 3.05) is 26.2 Å². The minimum absolute atomic E-state index is 0.0653. The van der Waals surface area contributed by atoms with Crippen molar-refractivity contribution in [1.82, 2.24) is 10.2 Å². The Kier molecular flexibility index (Phi) is 5.64. The van der Waals surface area contributed by atoms with E-state index in [0.717, 1.165) is 19.4 Å². The topological polar surface area (TPSA) is 73.2 Å². The molecule has 1 rings (SSSR count). The van der Waals surface area contributed by atoms with Gasteiger partial charge >= 0.3 is 0 Å². The van der Waals surface area contributed by atoms with Gasteiger partial charge in [0.2, 0.25) is 5.91 Å². The van der Waals surface area contributed by atoms with Crippen molar-refractivity contribution >= 4 is 11.7 Å². The van der Waals surface area contributed by atoms with Crippen molar-refractivity contribution in [2.45, 2.75) is 26.2 Å². The molecule has 1 aliphatic heterocycles. The number of nitrogens with one attached hydrogen (secondary N) is 1. The number of piperidine rings is 1. The molecule has 5 nitrogen and oxygen atoms in total. The lowest BCUT2D eigenvalue weighted by atomic mass is 9.95. The van der Waals surface area contributed by atoms with Crippen LogP contribution in [0.2, 0.25) is 0 Å². The number of nitriles is 1.